The second-order valence-electron chi connectivity index (χ2n) is 18.6. The molecule has 6 heteroatoms. The van der Waals surface area contributed by atoms with Gasteiger partial charge in [0.2, 0.25) is 0 Å². The van der Waals surface area contributed by atoms with Gasteiger partial charge in [-0.3, -0.25) is 9.97 Å². The minimum atomic E-state index is 0.987. The third-order valence-electron chi connectivity index (χ3n) is 14.8. The molecule has 0 saturated heterocycles. The monoisotopic (exact) mass is 894 g/mol. The molecule has 0 radical (unpaired) electrons. The Hall–Kier alpha value is -9.26. The van der Waals surface area contributed by atoms with Gasteiger partial charge in [0.15, 0.2) is 0 Å². The summed E-state index contributed by atoms with van der Waals surface area (Å²) < 4.78 is 9.77. The van der Waals surface area contributed by atoms with Crippen molar-refractivity contribution in [2.24, 2.45) is 0 Å². The van der Waals surface area contributed by atoms with Crippen molar-refractivity contribution >= 4 is 82.4 Å². The van der Waals surface area contributed by atoms with Gasteiger partial charge in [-0.05, 0) is 138 Å². The minimum Gasteiger partial charge on any atom is -0.313 e. The first-order valence-corrected chi connectivity index (χ1v) is 24.1. The van der Waals surface area contributed by atoms with Crippen LogP contribution in [0.25, 0.3) is 127 Å². The summed E-state index contributed by atoms with van der Waals surface area (Å²) in [5.41, 5.74) is 20.1. The van der Waals surface area contributed by atoms with Gasteiger partial charge < -0.3 is 18.3 Å². The van der Waals surface area contributed by atoms with Crippen LogP contribution in [0.1, 0.15) is 17.7 Å². The molecule has 6 heterocycles. The number of benzene rings is 8. The van der Waals surface area contributed by atoms with Crippen molar-refractivity contribution in [3.05, 3.63) is 236 Å². The van der Waals surface area contributed by atoms with Crippen molar-refractivity contribution < 1.29 is 0 Å². The van der Waals surface area contributed by atoms with Gasteiger partial charge in [-0.2, -0.15) is 0 Å². The van der Waals surface area contributed by atoms with E-state index in [2.05, 4.69) is 235 Å². The SMILES string of the molecule is C1=Cc2c(n(-c3ccncc3)c3cc4c(cc23)c2cc(-c3ccccc3)ccc2n4-c2ccc(-n3c4ccc(-c5ccccc5)cc4c4cc5c6ccccc6n(-c6ccncc6)c5cc43)cc2)CC1. The molecule has 328 valence electrons. The molecule has 0 unspecified atom stereocenters. The molecule has 6 nitrogen and oxygen atoms in total. The van der Waals surface area contributed by atoms with Gasteiger partial charge in [0, 0.05) is 96.5 Å². The number of nitrogens with zero attached hydrogens (tertiary/aromatic N) is 6. The first kappa shape index (κ1) is 38.8. The Labute approximate surface area is 402 Å². The highest BCUT2D eigenvalue weighted by Crippen LogP contribution is 2.44. The zero-order valence-corrected chi connectivity index (χ0v) is 38.0. The molecule has 0 N–H and O–H groups in total. The number of para-hydroxylation sites is 1. The molecule has 6 aromatic heterocycles. The van der Waals surface area contributed by atoms with Crippen LogP contribution in [0.15, 0.2) is 225 Å². The van der Waals surface area contributed by atoms with Crippen molar-refractivity contribution in [3.63, 3.8) is 0 Å². The van der Waals surface area contributed by atoms with Crippen molar-refractivity contribution in [3.8, 4) is 45.0 Å². The van der Waals surface area contributed by atoms with E-state index in [1.165, 1.54) is 93.3 Å². The van der Waals surface area contributed by atoms with Crippen LogP contribution in [0.3, 0.4) is 0 Å². The molecule has 0 atom stereocenters. The van der Waals surface area contributed by atoms with E-state index in [-0.39, 0.29) is 0 Å². The van der Waals surface area contributed by atoms with Crippen LogP contribution in [0.2, 0.25) is 0 Å². The molecule has 0 bridgehead atoms. The van der Waals surface area contributed by atoms with E-state index in [9.17, 15) is 0 Å². The topological polar surface area (TPSA) is 45.5 Å². The Morgan fingerprint density at radius 1 is 0.300 bits per heavy atom. The van der Waals surface area contributed by atoms with Crippen molar-refractivity contribution in [2.45, 2.75) is 12.8 Å². The number of pyridine rings is 2. The lowest BCUT2D eigenvalue weighted by Crippen LogP contribution is -2.03. The Bertz CT molecular complexity index is 4420. The second kappa shape index (κ2) is 15.1. The highest BCUT2D eigenvalue weighted by atomic mass is 15.0. The number of hydrogen-bond acceptors (Lipinski definition) is 2. The predicted octanol–water partition coefficient (Wildman–Crippen LogP) is 16.0. The molecular formula is C64H42N6. The molecule has 8 aromatic carbocycles. The standard InChI is InChI=1S/C64H42N6/c1-3-11-41(12-4-1)43-19-25-59-51(35-43)55-37-53-49-15-7-9-17-57(49)69(47-27-31-65-32-28-47)61(53)39-63(55)67(59)45-21-23-46(24-22-45)68-60-26-20-44(42-13-5-2-6-14-42)36-52(60)56-38-54-50-16-8-10-18-58(50)70(62(54)40-64(56)68)48-29-33-66-34-30-48/h1-9,11-17,19-40H,10,18H2. The summed E-state index contributed by atoms with van der Waals surface area (Å²) in [6.45, 7) is 0. The number of allylic oxidation sites excluding steroid dienone is 1. The summed E-state index contributed by atoms with van der Waals surface area (Å²) >= 11 is 0. The number of fused-ring (bicyclic) bond motifs is 12. The van der Waals surface area contributed by atoms with E-state index >= 15 is 0 Å². The average molecular weight is 895 g/mol. The summed E-state index contributed by atoms with van der Waals surface area (Å²) in [6, 6.07) is 71.5. The summed E-state index contributed by atoms with van der Waals surface area (Å²) in [5, 5.41) is 8.64. The highest BCUT2D eigenvalue weighted by Gasteiger charge is 2.24. The maximum atomic E-state index is 4.39. The molecular weight excluding hydrogens is 853 g/mol. The lowest BCUT2D eigenvalue weighted by Gasteiger charge is -2.14. The number of hydrogen-bond donors (Lipinski definition) is 0. The van der Waals surface area contributed by atoms with E-state index in [0.717, 1.165) is 52.1 Å². The Balaban J connectivity index is 0.976. The first-order chi connectivity index (χ1) is 34.7. The summed E-state index contributed by atoms with van der Waals surface area (Å²) in [5.74, 6) is 0. The molecule has 1 aliphatic rings. The lowest BCUT2D eigenvalue weighted by atomic mass is 10.00. The first-order valence-electron chi connectivity index (χ1n) is 24.1. The summed E-state index contributed by atoms with van der Waals surface area (Å²) in [4.78, 5) is 8.77. The maximum Gasteiger partial charge on any atom is 0.0562 e. The van der Waals surface area contributed by atoms with Gasteiger partial charge in [-0.25, -0.2) is 0 Å². The Kier molecular flexibility index (Phi) is 8.38. The molecule has 1 aliphatic carbocycles. The molecule has 0 fully saturated rings. The van der Waals surface area contributed by atoms with Gasteiger partial charge >= 0.3 is 0 Å². The van der Waals surface area contributed by atoms with Crippen LogP contribution in [0.4, 0.5) is 0 Å². The van der Waals surface area contributed by atoms with E-state index in [1.54, 1.807) is 0 Å². The minimum absolute atomic E-state index is 0.987. The molecule has 0 spiro atoms. The van der Waals surface area contributed by atoms with Gasteiger partial charge in [0.05, 0.1) is 38.6 Å². The molecule has 70 heavy (non-hydrogen) atoms. The number of aromatic nitrogens is 6. The van der Waals surface area contributed by atoms with Crippen molar-refractivity contribution in [1.29, 1.82) is 0 Å². The fourth-order valence-corrected chi connectivity index (χ4v) is 11.7. The average Bonchev–Trinajstić information content (AvgIpc) is 4.14. The highest BCUT2D eigenvalue weighted by molar-refractivity contribution is 6.20. The largest absolute Gasteiger partial charge is 0.313 e. The second-order valence-corrected chi connectivity index (χ2v) is 18.6. The zero-order valence-electron chi connectivity index (χ0n) is 38.0. The van der Waals surface area contributed by atoms with Gasteiger partial charge in [-0.1, -0.05) is 103 Å². The smallest absolute Gasteiger partial charge is 0.0562 e. The fourth-order valence-electron chi connectivity index (χ4n) is 11.7. The fraction of sp³-hybridized carbons (Fsp3) is 0.0312. The maximum absolute atomic E-state index is 4.39. The van der Waals surface area contributed by atoms with Crippen LogP contribution < -0.4 is 0 Å². The number of rotatable bonds is 6. The molecule has 15 rings (SSSR count). The van der Waals surface area contributed by atoms with Crippen LogP contribution in [0, 0.1) is 0 Å². The van der Waals surface area contributed by atoms with Crippen molar-refractivity contribution in [1.82, 2.24) is 28.2 Å². The summed E-state index contributed by atoms with van der Waals surface area (Å²) in [6.07, 6.45) is 14.2. The van der Waals surface area contributed by atoms with Gasteiger partial charge in [-0.15, -0.1) is 0 Å². The van der Waals surface area contributed by atoms with E-state index < -0.39 is 0 Å². The molecule has 14 aromatic rings. The predicted molar refractivity (Wildman–Crippen MR) is 290 cm³/mol. The van der Waals surface area contributed by atoms with Gasteiger partial charge in [0.1, 0.15) is 0 Å². The van der Waals surface area contributed by atoms with E-state index in [4.69, 9.17) is 0 Å². The Morgan fingerprint density at radius 2 is 0.729 bits per heavy atom. The van der Waals surface area contributed by atoms with E-state index in [0.29, 0.717) is 0 Å². The van der Waals surface area contributed by atoms with Crippen LogP contribution in [0.5, 0.6) is 0 Å². The van der Waals surface area contributed by atoms with Crippen molar-refractivity contribution in [2.75, 3.05) is 0 Å². The Morgan fingerprint density at radius 3 is 1.29 bits per heavy atom. The third kappa shape index (κ3) is 5.74. The van der Waals surface area contributed by atoms with Crippen LogP contribution in [-0.2, 0) is 6.42 Å². The van der Waals surface area contributed by atoms with E-state index in [1.807, 2.05) is 24.8 Å². The lowest BCUT2D eigenvalue weighted by molar-refractivity contribution is 0.887. The van der Waals surface area contributed by atoms with Gasteiger partial charge in [0.25, 0.3) is 0 Å². The molecule has 0 saturated carbocycles. The summed E-state index contributed by atoms with van der Waals surface area (Å²) in [7, 11) is 0. The molecule has 0 aliphatic heterocycles. The van der Waals surface area contributed by atoms with Crippen LogP contribution in [-0.4, -0.2) is 28.2 Å². The van der Waals surface area contributed by atoms with Crippen LogP contribution >= 0.6 is 0 Å². The quantitative estimate of drug-likeness (QED) is 0.167. The third-order valence-corrected chi connectivity index (χ3v) is 14.8. The normalized spacial score (nSPS) is 12.7. The molecule has 0 amide bonds. The zero-order chi connectivity index (χ0) is 45.9.